The van der Waals surface area contributed by atoms with Crippen LogP contribution >= 0.6 is 0 Å². The molecule has 0 saturated heterocycles. The first kappa shape index (κ1) is 21.6. The van der Waals surface area contributed by atoms with E-state index in [4.69, 9.17) is 0 Å². The Morgan fingerprint density at radius 2 is 1.22 bits per heavy atom. The van der Waals surface area contributed by atoms with Gasteiger partial charge in [-0.05, 0) is 43.0 Å². The maximum absolute atomic E-state index is 13.4. The summed E-state index contributed by atoms with van der Waals surface area (Å²) in [6.07, 6.45) is 2.03. The molecular weight excluding hydrogens is 384 g/mol. The second-order valence-corrected chi connectivity index (χ2v) is 10.9. The molecule has 0 unspecified atom stereocenters. The van der Waals surface area contributed by atoms with E-state index < -0.39 is 30.2 Å². The lowest BCUT2D eigenvalue weighted by Crippen LogP contribution is -2.38. The maximum Gasteiger partial charge on any atom is 0.196 e. The summed E-state index contributed by atoms with van der Waals surface area (Å²) in [6.45, 7) is 1.70. The van der Waals surface area contributed by atoms with Gasteiger partial charge in [-0.1, -0.05) is 56.2 Å². The van der Waals surface area contributed by atoms with E-state index in [1.165, 1.54) is 24.3 Å². The molecule has 148 valence electrons. The van der Waals surface area contributed by atoms with Gasteiger partial charge in [-0.2, -0.15) is 0 Å². The SMILES string of the molecule is CCCC[C@H](CCO)C(S(=O)(=O)c1ccccc1)S(=O)(=O)c1ccccc1. The molecular formula is C20H26O5S2. The Morgan fingerprint density at radius 1 is 0.778 bits per heavy atom. The van der Waals surface area contributed by atoms with Crippen molar-refractivity contribution in [2.24, 2.45) is 5.92 Å². The van der Waals surface area contributed by atoms with E-state index in [1.807, 2.05) is 6.92 Å². The Kier molecular flexibility index (Phi) is 7.59. The van der Waals surface area contributed by atoms with Gasteiger partial charge < -0.3 is 5.11 Å². The first-order chi connectivity index (χ1) is 12.9. The fraction of sp³-hybridized carbons (Fsp3) is 0.400. The van der Waals surface area contributed by atoms with Crippen molar-refractivity contribution in [3.63, 3.8) is 0 Å². The van der Waals surface area contributed by atoms with Gasteiger partial charge in [0.15, 0.2) is 24.3 Å². The minimum atomic E-state index is -4.16. The lowest BCUT2D eigenvalue weighted by Gasteiger charge is -2.27. The highest BCUT2D eigenvalue weighted by atomic mass is 32.3. The highest BCUT2D eigenvalue weighted by Gasteiger charge is 2.44. The molecule has 0 aliphatic rings. The number of hydrogen-bond acceptors (Lipinski definition) is 5. The number of benzene rings is 2. The van der Waals surface area contributed by atoms with E-state index in [9.17, 15) is 21.9 Å². The highest BCUT2D eigenvalue weighted by molar-refractivity contribution is 8.09. The third-order valence-corrected chi connectivity index (χ3v) is 9.94. The first-order valence-corrected chi connectivity index (χ1v) is 12.1. The van der Waals surface area contributed by atoms with Gasteiger partial charge in [-0.3, -0.25) is 0 Å². The molecule has 0 fully saturated rings. The molecule has 27 heavy (non-hydrogen) atoms. The summed E-state index contributed by atoms with van der Waals surface area (Å²) in [7, 11) is -8.32. The summed E-state index contributed by atoms with van der Waals surface area (Å²) in [5.41, 5.74) is 0. The summed E-state index contributed by atoms with van der Waals surface area (Å²) >= 11 is 0. The van der Waals surface area contributed by atoms with Crippen LogP contribution in [0.2, 0.25) is 0 Å². The van der Waals surface area contributed by atoms with E-state index >= 15 is 0 Å². The van der Waals surface area contributed by atoms with Crippen LogP contribution in [0.1, 0.15) is 32.6 Å². The second-order valence-electron chi connectivity index (χ2n) is 6.50. The van der Waals surface area contributed by atoms with Crippen LogP contribution in [0.25, 0.3) is 0 Å². The Morgan fingerprint density at radius 3 is 1.59 bits per heavy atom. The van der Waals surface area contributed by atoms with Gasteiger partial charge in [0.2, 0.25) is 0 Å². The molecule has 7 heteroatoms. The first-order valence-electron chi connectivity index (χ1n) is 9.04. The van der Waals surface area contributed by atoms with Crippen LogP contribution in [-0.2, 0) is 19.7 Å². The van der Waals surface area contributed by atoms with Crippen molar-refractivity contribution in [2.75, 3.05) is 6.61 Å². The van der Waals surface area contributed by atoms with Crippen molar-refractivity contribution in [3.8, 4) is 0 Å². The van der Waals surface area contributed by atoms with E-state index in [0.717, 1.165) is 6.42 Å². The van der Waals surface area contributed by atoms with Crippen LogP contribution < -0.4 is 0 Å². The average Bonchev–Trinajstić information content (AvgIpc) is 2.67. The quantitative estimate of drug-likeness (QED) is 0.648. The zero-order valence-electron chi connectivity index (χ0n) is 15.4. The van der Waals surface area contributed by atoms with Crippen LogP contribution in [0.4, 0.5) is 0 Å². The molecule has 0 spiro atoms. The Balaban J connectivity index is 2.64. The third-order valence-electron chi connectivity index (χ3n) is 4.57. The fourth-order valence-electron chi connectivity index (χ4n) is 3.21. The summed E-state index contributed by atoms with van der Waals surface area (Å²) in [4.78, 5) is -0.0390. The molecule has 0 saturated carbocycles. The summed E-state index contributed by atoms with van der Waals surface area (Å²) in [5.74, 6) is -0.689. The zero-order valence-corrected chi connectivity index (χ0v) is 17.0. The van der Waals surface area contributed by atoms with Crippen LogP contribution in [0.5, 0.6) is 0 Å². The van der Waals surface area contributed by atoms with Crippen molar-refractivity contribution < 1.29 is 21.9 Å². The molecule has 5 nitrogen and oxygen atoms in total. The highest BCUT2D eigenvalue weighted by Crippen LogP contribution is 2.34. The molecule has 0 amide bonds. The second kappa shape index (κ2) is 9.48. The van der Waals surface area contributed by atoms with Crippen LogP contribution in [0.3, 0.4) is 0 Å². The Hall–Kier alpha value is -1.70. The Bertz CT molecular complexity index is 838. The average molecular weight is 411 g/mol. The summed E-state index contributed by atoms with van der Waals surface area (Å²) in [6, 6.07) is 15.3. The Labute approximate surface area is 161 Å². The number of rotatable bonds is 10. The van der Waals surface area contributed by atoms with Gasteiger partial charge in [0, 0.05) is 6.61 Å². The van der Waals surface area contributed by atoms with Gasteiger partial charge in [-0.25, -0.2) is 16.8 Å². The number of aliphatic hydroxyl groups excluding tert-OH is 1. The number of hydrogen-bond donors (Lipinski definition) is 1. The molecule has 0 aromatic heterocycles. The molecule has 0 aliphatic carbocycles. The van der Waals surface area contributed by atoms with Crippen LogP contribution in [0.15, 0.2) is 70.5 Å². The maximum atomic E-state index is 13.4. The normalized spacial score (nSPS) is 13.6. The predicted molar refractivity (Wildman–Crippen MR) is 106 cm³/mol. The molecule has 2 aromatic rings. The lowest BCUT2D eigenvalue weighted by atomic mass is 10.0. The van der Waals surface area contributed by atoms with Gasteiger partial charge >= 0.3 is 0 Å². The van der Waals surface area contributed by atoms with Gasteiger partial charge in [0.05, 0.1) is 9.79 Å². The molecule has 1 N–H and O–H groups in total. The minimum absolute atomic E-state index is 0.0195. The largest absolute Gasteiger partial charge is 0.396 e. The van der Waals surface area contributed by atoms with E-state index in [1.54, 1.807) is 36.4 Å². The van der Waals surface area contributed by atoms with E-state index in [-0.39, 0.29) is 22.8 Å². The van der Waals surface area contributed by atoms with Crippen molar-refractivity contribution in [3.05, 3.63) is 60.7 Å². The van der Waals surface area contributed by atoms with Crippen molar-refractivity contribution in [1.29, 1.82) is 0 Å². The predicted octanol–water partition coefficient (Wildman–Crippen LogP) is 3.45. The summed E-state index contributed by atoms with van der Waals surface area (Å²) < 4.78 is 51.9. The smallest absolute Gasteiger partial charge is 0.196 e. The zero-order chi connectivity index (χ0) is 19.9. The van der Waals surface area contributed by atoms with Gasteiger partial charge in [0.1, 0.15) is 0 Å². The topological polar surface area (TPSA) is 88.5 Å². The molecule has 0 heterocycles. The molecule has 1 atom stereocenters. The molecule has 0 radical (unpaired) electrons. The van der Waals surface area contributed by atoms with E-state index in [0.29, 0.717) is 12.8 Å². The van der Waals surface area contributed by atoms with Crippen LogP contribution in [0, 0.1) is 5.92 Å². The van der Waals surface area contributed by atoms with Gasteiger partial charge in [-0.15, -0.1) is 0 Å². The molecule has 2 rings (SSSR count). The fourth-order valence-corrected chi connectivity index (χ4v) is 8.38. The van der Waals surface area contributed by atoms with Gasteiger partial charge in [0.25, 0.3) is 0 Å². The third kappa shape index (κ3) is 4.97. The van der Waals surface area contributed by atoms with Crippen molar-refractivity contribution in [1.82, 2.24) is 0 Å². The molecule has 2 aromatic carbocycles. The number of sulfone groups is 2. The van der Waals surface area contributed by atoms with E-state index in [2.05, 4.69) is 0 Å². The van der Waals surface area contributed by atoms with Crippen LogP contribution in [-0.4, -0.2) is 33.1 Å². The monoisotopic (exact) mass is 410 g/mol. The number of aliphatic hydroxyl groups is 1. The molecule has 0 bridgehead atoms. The minimum Gasteiger partial charge on any atom is -0.396 e. The lowest BCUT2D eigenvalue weighted by molar-refractivity contribution is 0.253. The standard InChI is InChI=1S/C20H26O5S2/c1-2-3-10-17(15-16-21)20(26(22,23)18-11-6-4-7-12-18)27(24,25)19-13-8-5-9-14-19/h4-9,11-14,17,20-21H,2-3,10,15-16H2,1H3/t17-/m1/s1. The molecule has 0 aliphatic heterocycles. The van der Waals surface area contributed by atoms with Crippen molar-refractivity contribution >= 4 is 19.7 Å². The summed E-state index contributed by atoms with van der Waals surface area (Å²) in [5, 5.41) is 9.47. The van der Waals surface area contributed by atoms with Crippen molar-refractivity contribution in [2.45, 2.75) is 47.0 Å². The number of unbranched alkanes of at least 4 members (excludes halogenated alkanes) is 1.